The number of ketones is 1. The zero-order chi connectivity index (χ0) is 17.1. The predicted octanol–water partition coefficient (Wildman–Crippen LogP) is 5.87. The lowest BCUT2D eigenvalue weighted by Crippen LogP contribution is -2.30. The standard InChI is InChI=1S/C21H24ClNO/c1-14-7-10-16(11-8-14)21(18-5-3-4-6-20(18)24)23-17-12-9-15(2)19(22)13-17/h7-13,18,21,23H,3-6H2,1-2H3/t18-,21+/m0/s1. The number of anilines is 1. The molecule has 1 N–H and O–H groups in total. The minimum atomic E-state index is -0.00262. The van der Waals surface area contributed by atoms with Crippen molar-refractivity contribution < 1.29 is 4.79 Å². The molecule has 0 bridgehead atoms. The Kier molecular flexibility index (Phi) is 5.25. The van der Waals surface area contributed by atoms with Gasteiger partial charge in [-0.3, -0.25) is 4.79 Å². The highest BCUT2D eigenvalue weighted by Gasteiger charge is 2.31. The third-order valence-corrected chi connectivity index (χ3v) is 5.34. The van der Waals surface area contributed by atoms with Crippen molar-refractivity contribution >= 4 is 23.1 Å². The first-order valence-corrected chi connectivity index (χ1v) is 9.04. The maximum absolute atomic E-state index is 12.5. The molecule has 2 aromatic carbocycles. The highest BCUT2D eigenvalue weighted by Crippen LogP contribution is 2.35. The molecule has 3 heteroatoms. The summed E-state index contributed by atoms with van der Waals surface area (Å²) in [6.07, 6.45) is 3.79. The topological polar surface area (TPSA) is 29.1 Å². The van der Waals surface area contributed by atoms with Gasteiger partial charge in [0.25, 0.3) is 0 Å². The quantitative estimate of drug-likeness (QED) is 0.753. The van der Waals surface area contributed by atoms with Crippen LogP contribution < -0.4 is 5.32 Å². The number of hydrogen-bond acceptors (Lipinski definition) is 2. The van der Waals surface area contributed by atoms with E-state index >= 15 is 0 Å². The van der Waals surface area contributed by atoms with Crippen molar-refractivity contribution in [1.82, 2.24) is 0 Å². The SMILES string of the molecule is Cc1ccc([C@@H](Nc2ccc(C)c(Cl)c2)[C@H]2CCCCC2=O)cc1. The van der Waals surface area contributed by atoms with Gasteiger partial charge in [-0.25, -0.2) is 0 Å². The summed E-state index contributed by atoms with van der Waals surface area (Å²) in [5.41, 5.74) is 4.42. The van der Waals surface area contributed by atoms with E-state index in [2.05, 4.69) is 36.5 Å². The van der Waals surface area contributed by atoms with Gasteiger partial charge in [0.15, 0.2) is 0 Å². The van der Waals surface area contributed by atoms with Crippen LogP contribution in [0.25, 0.3) is 0 Å². The Hall–Kier alpha value is -1.80. The summed E-state index contributed by atoms with van der Waals surface area (Å²) in [7, 11) is 0. The van der Waals surface area contributed by atoms with E-state index in [1.807, 2.05) is 25.1 Å². The number of halogens is 1. The molecule has 0 aromatic heterocycles. The first kappa shape index (κ1) is 17.0. The van der Waals surface area contributed by atoms with Gasteiger partial charge in [-0.1, -0.05) is 53.9 Å². The van der Waals surface area contributed by atoms with E-state index in [0.29, 0.717) is 12.2 Å². The Morgan fingerprint density at radius 3 is 2.50 bits per heavy atom. The van der Waals surface area contributed by atoms with E-state index < -0.39 is 0 Å². The molecule has 24 heavy (non-hydrogen) atoms. The number of rotatable bonds is 4. The maximum atomic E-state index is 12.5. The molecule has 1 fully saturated rings. The fraction of sp³-hybridized carbons (Fsp3) is 0.381. The molecule has 2 nitrogen and oxygen atoms in total. The molecule has 0 heterocycles. The van der Waals surface area contributed by atoms with E-state index in [1.165, 1.54) is 5.56 Å². The molecule has 0 saturated heterocycles. The Morgan fingerprint density at radius 1 is 1.08 bits per heavy atom. The van der Waals surface area contributed by atoms with Crippen LogP contribution >= 0.6 is 11.6 Å². The molecule has 0 aliphatic heterocycles. The van der Waals surface area contributed by atoms with Crippen molar-refractivity contribution in [2.45, 2.75) is 45.6 Å². The predicted molar refractivity (Wildman–Crippen MR) is 101 cm³/mol. The summed E-state index contributed by atoms with van der Waals surface area (Å²) in [5.74, 6) is 0.402. The number of aryl methyl sites for hydroxylation is 2. The first-order chi connectivity index (χ1) is 11.5. The van der Waals surface area contributed by atoms with Gasteiger partial charge in [0.1, 0.15) is 5.78 Å². The Bertz CT molecular complexity index is 723. The number of carbonyl (C=O) groups is 1. The lowest BCUT2D eigenvalue weighted by Gasteiger charge is -2.31. The minimum absolute atomic E-state index is 0.00262. The summed E-state index contributed by atoms with van der Waals surface area (Å²) in [5, 5.41) is 4.33. The lowest BCUT2D eigenvalue weighted by atomic mass is 9.80. The van der Waals surface area contributed by atoms with Crippen molar-refractivity contribution in [3.05, 3.63) is 64.2 Å². The van der Waals surface area contributed by atoms with Gasteiger partial charge in [0.2, 0.25) is 0 Å². The van der Waals surface area contributed by atoms with Gasteiger partial charge in [-0.05, 0) is 49.9 Å². The average Bonchev–Trinajstić information content (AvgIpc) is 2.58. The van der Waals surface area contributed by atoms with Crippen molar-refractivity contribution in [3.63, 3.8) is 0 Å². The van der Waals surface area contributed by atoms with Crippen LogP contribution in [0.2, 0.25) is 5.02 Å². The number of Topliss-reactive ketones (excluding diaryl/α,β-unsaturated/α-hetero) is 1. The monoisotopic (exact) mass is 341 g/mol. The number of carbonyl (C=O) groups excluding carboxylic acids is 1. The van der Waals surface area contributed by atoms with Crippen LogP contribution in [0.5, 0.6) is 0 Å². The van der Waals surface area contributed by atoms with Crippen LogP contribution in [0.4, 0.5) is 5.69 Å². The van der Waals surface area contributed by atoms with Crippen molar-refractivity contribution in [1.29, 1.82) is 0 Å². The van der Waals surface area contributed by atoms with E-state index in [-0.39, 0.29) is 12.0 Å². The number of benzene rings is 2. The van der Waals surface area contributed by atoms with Gasteiger partial charge in [0.05, 0.1) is 6.04 Å². The van der Waals surface area contributed by atoms with E-state index in [1.54, 1.807) is 0 Å². The molecule has 0 amide bonds. The van der Waals surface area contributed by atoms with Gasteiger partial charge >= 0.3 is 0 Å². The summed E-state index contributed by atoms with van der Waals surface area (Å²) >= 11 is 6.27. The van der Waals surface area contributed by atoms with Crippen LogP contribution in [0.15, 0.2) is 42.5 Å². The molecule has 1 aliphatic carbocycles. The summed E-state index contributed by atoms with van der Waals surface area (Å²) in [4.78, 5) is 12.5. The minimum Gasteiger partial charge on any atom is -0.377 e. The van der Waals surface area contributed by atoms with Crippen LogP contribution in [0.3, 0.4) is 0 Å². The number of hydrogen-bond donors (Lipinski definition) is 1. The molecule has 2 atom stereocenters. The first-order valence-electron chi connectivity index (χ1n) is 8.66. The second-order valence-electron chi connectivity index (χ2n) is 6.82. The Morgan fingerprint density at radius 2 is 1.83 bits per heavy atom. The molecule has 2 aromatic rings. The van der Waals surface area contributed by atoms with Gasteiger partial charge in [-0.15, -0.1) is 0 Å². The van der Waals surface area contributed by atoms with Crippen molar-refractivity contribution in [2.75, 3.05) is 5.32 Å². The third kappa shape index (κ3) is 3.81. The largest absolute Gasteiger partial charge is 0.377 e. The van der Waals surface area contributed by atoms with Crippen LogP contribution in [-0.2, 0) is 4.79 Å². The highest BCUT2D eigenvalue weighted by molar-refractivity contribution is 6.31. The normalized spacial score (nSPS) is 19.1. The van der Waals surface area contributed by atoms with E-state index in [9.17, 15) is 4.79 Å². The maximum Gasteiger partial charge on any atom is 0.138 e. The molecule has 1 aliphatic rings. The number of nitrogens with one attached hydrogen (secondary N) is 1. The Balaban J connectivity index is 1.92. The molecule has 0 spiro atoms. The fourth-order valence-corrected chi connectivity index (χ4v) is 3.60. The van der Waals surface area contributed by atoms with Crippen molar-refractivity contribution in [2.24, 2.45) is 5.92 Å². The fourth-order valence-electron chi connectivity index (χ4n) is 3.41. The highest BCUT2D eigenvalue weighted by atomic mass is 35.5. The van der Waals surface area contributed by atoms with Gasteiger partial charge in [0, 0.05) is 23.0 Å². The molecule has 126 valence electrons. The average molecular weight is 342 g/mol. The summed E-state index contributed by atoms with van der Waals surface area (Å²) in [6.45, 7) is 4.08. The van der Waals surface area contributed by atoms with Crippen LogP contribution in [0, 0.1) is 19.8 Å². The molecule has 3 rings (SSSR count). The molecular formula is C21H24ClNO. The van der Waals surface area contributed by atoms with Crippen LogP contribution in [0.1, 0.15) is 48.4 Å². The Labute approximate surface area is 149 Å². The molecule has 0 radical (unpaired) electrons. The summed E-state index contributed by atoms with van der Waals surface area (Å²) < 4.78 is 0. The van der Waals surface area contributed by atoms with E-state index in [4.69, 9.17) is 11.6 Å². The van der Waals surface area contributed by atoms with E-state index in [0.717, 1.165) is 41.1 Å². The smallest absolute Gasteiger partial charge is 0.138 e. The third-order valence-electron chi connectivity index (χ3n) is 4.93. The van der Waals surface area contributed by atoms with Crippen molar-refractivity contribution in [3.8, 4) is 0 Å². The van der Waals surface area contributed by atoms with Gasteiger partial charge in [-0.2, -0.15) is 0 Å². The zero-order valence-corrected chi connectivity index (χ0v) is 15.1. The molecule has 0 unspecified atom stereocenters. The van der Waals surface area contributed by atoms with Gasteiger partial charge < -0.3 is 5.32 Å². The summed E-state index contributed by atoms with van der Waals surface area (Å²) in [6, 6.07) is 14.5. The molecular weight excluding hydrogens is 318 g/mol. The second kappa shape index (κ2) is 7.40. The lowest BCUT2D eigenvalue weighted by molar-refractivity contribution is -0.125. The molecule has 1 saturated carbocycles. The zero-order valence-electron chi connectivity index (χ0n) is 14.3. The van der Waals surface area contributed by atoms with Crippen LogP contribution in [-0.4, -0.2) is 5.78 Å². The second-order valence-corrected chi connectivity index (χ2v) is 7.22.